The molecule has 1 aliphatic rings. The van der Waals surface area contributed by atoms with Gasteiger partial charge < -0.3 is 19.5 Å². The molecular formula is C32H39Cl2N3O4. The molecule has 0 radical (unpaired) electrons. The molecular weight excluding hydrogens is 561 g/mol. The van der Waals surface area contributed by atoms with Crippen LogP contribution in [0.25, 0.3) is 11.3 Å². The molecule has 4 rings (SSSR count). The topological polar surface area (TPSA) is 84.8 Å². The quantitative estimate of drug-likeness (QED) is 0.267. The Balaban J connectivity index is 1.66. The molecule has 0 bridgehead atoms. The van der Waals surface area contributed by atoms with Crippen molar-refractivity contribution in [2.75, 3.05) is 24.6 Å². The molecule has 3 heterocycles. The number of piperidine rings is 1. The molecule has 1 N–H and O–H groups in total. The zero-order valence-corrected chi connectivity index (χ0v) is 26.1. The van der Waals surface area contributed by atoms with Crippen molar-refractivity contribution in [2.24, 2.45) is 5.41 Å². The molecule has 3 aromatic rings. The molecule has 2 aromatic heterocycles. The first-order valence-electron chi connectivity index (χ1n) is 13.9. The third kappa shape index (κ3) is 7.91. The molecule has 0 amide bonds. The Kier molecular flexibility index (Phi) is 9.52. The Bertz CT molecular complexity index is 1380. The number of rotatable bonds is 9. The molecule has 0 spiro atoms. The number of aliphatic carboxylic acids is 1. The summed E-state index contributed by atoms with van der Waals surface area (Å²) in [5.41, 5.74) is 4.09. The maximum absolute atomic E-state index is 12.6. The number of pyridine rings is 2. The molecule has 1 aliphatic heterocycles. The number of benzene rings is 1. The maximum Gasteiger partial charge on any atom is 0.337 e. The second-order valence-electron chi connectivity index (χ2n) is 12.3. The highest BCUT2D eigenvalue weighted by Gasteiger charge is 2.36. The minimum absolute atomic E-state index is 0.224. The van der Waals surface area contributed by atoms with Crippen LogP contribution in [0.1, 0.15) is 70.4 Å². The lowest BCUT2D eigenvalue weighted by atomic mass is 9.82. The van der Waals surface area contributed by atoms with Gasteiger partial charge in [-0.25, -0.2) is 4.79 Å². The van der Waals surface area contributed by atoms with Crippen LogP contribution in [-0.2, 0) is 16.0 Å². The first-order valence-corrected chi connectivity index (χ1v) is 14.7. The summed E-state index contributed by atoms with van der Waals surface area (Å²) in [6.45, 7) is 14.0. The van der Waals surface area contributed by atoms with Crippen LogP contribution in [0.15, 0.2) is 42.7 Å². The summed E-state index contributed by atoms with van der Waals surface area (Å²) in [4.78, 5) is 24.2. The molecule has 9 heteroatoms. The molecule has 220 valence electrons. The highest BCUT2D eigenvalue weighted by molar-refractivity contribution is 6.42. The van der Waals surface area contributed by atoms with Gasteiger partial charge in [-0.05, 0) is 75.8 Å². The summed E-state index contributed by atoms with van der Waals surface area (Å²) in [7, 11) is 0. The fourth-order valence-corrected chi connectivity index (χ4v) is 5.30. The van der Waals surface area contributed by atoms with Gasteiger partial charge in [0.15, 0.2) is 6.10 Å². The van der Waals surface area contributed by atoms with Crippen LogP contribution < -0.4 is 9.64 Å². The van der Waals surface area contributed by atoms with Gasteiger partial charge >= 0.3 is 5.97 Å². The summed E-state index contributed by atoms with van der Waals surface area (Å²) < 4.78 is 12.1. The Morgan fingerprint density at radius 3 is 2.37 bits per heavy atom. The van der Waals surface area contributed by atoms with Crippen LogP contribution in [0.3, 0.4) is 0 Å². The molecule has 0 aliphatic carbocycles. The van der Waals surface area contributed by atoms with Gasteiger partial charge in [0.2, 0.25) is 0 Å². The first-order chi connectivity index (χ1) is 19.2. The van der Waals surface area contributed by atoms with E-state index in [0.29, 0.717) is 45.8 Å². The predicted molar refractivity (Wildman–Crippen MR) is 164 cm³/mol. The highest BCUT2D eigenvalue weighted by atomic mass is 35.5. The number of hydrogen-bond acceptors (Lipinski definition) is 6. The zero-order valence-electron chi connectivity index (χ0n) is 24.6. The van der Waals surface area contributed by atoms with Gasteiger partial charge in [-0.15, -0.1) is 0 Å². The van der Waals surface area contributed by atoms with E-state index >= 15 is 0 Å². The molecule has 1 saturated heterocycles. The number of nitrogens with zero attached hydrogens (tertiary/aromatic N) is 3. The van der Waals surface area contributed by atoms with Crippen molar-refractivity contribution in [2.45, 2.75) is 72.5 Å². The third-order valence-electron chi connectivity index (χ3n) is 7.33. The zero-order chi connectivity index (χ0) is 29.9. The molecule has 0 saturated carbocycles. The van der Waals surface area contributed by atoms with E-state index in [9.17, 15) is 9.90 Å². The summed E-state index contributed by atoms with van der Waals surface area (Å²) in [6, 6.07) is 9.32. The lowest BCUT2D eigenvalue weighted by molar-refractivity contribution is -0.160. The Hall–Kier alpha value is -2.87. The van der Waals surface area contributed by atoms with Gasteiger partial charge in [-0.1, -0.05) is 43.1 Å². The van der Waals surface area contributed by atoms with E-state index in [-0.39, 0.29) is 5.41 Å². The Labute approximate surface area is 252 Å². The van der Waals surface area contributed by atoms with Gasteiger partial charge in [-0.2, -0.15) is 0 Å². The van der Waals surface area contributed by atoms with Crippen molar-refractivity contribution in [1.82, 2.24) is 9.97 Å². The summed E-state index contributed by atoms with van der Waals surface area (Å²) in [6.07, 6.45) is 4.96. The molecule has 1 atom stereocenters. The summed E-state index contributed by atoms with van der Waals surface area (Å²) >= 11 is 12.1. The van der Waals surface area contributed by atoms with Crippen molar-refractivity contribution in [1.29, 1.82) is 0 Å². The molecule has 1 fully saturated rings. The van der Waals surface area contributed by atoms with E-state index in [1.807, 2.05) is 52.0 Å². The monoisotopic (exact) mass is 599 g/mol. The van der Waals surface area contributed by atoms with E-state index in [2.05, 4.69) is 23.7 Å². The first kappa shape index (κ1) is 31.1. The average Bonchev–Trinajstić information content (AvgIpc) is 2.89. The fourth-order valence-electron chi connectivity index (χ4n) is 4.98. The van der Waals surface area contributed by atoms with E-state index in [4.69, 9.17) is 37.7 Å². The average molecular weight is 601 g/mol. The lowest BCUT2D eigenvalue weighted by Crippen LogP contribution is -2.39. The lowest BCUT2D eigenvalue weighted by Gasteiger charge is -2.40. The second-order valence-corrected chi connectivity index (χ2v) is 13.2. The fraction of sp³-hybridized carbons (Fsp3) is 0.469. The van der Waals surface area contributed by atoms with Crippen LogP contribution in [0.2, 0.25) is 10.0 Å². The summed E-state index contributed by atoms with van der Waals surface area (Å²) in [5.74, 6) is -0.408. The molecule has 7 nitrogen and oxygen atoms in total. The van der Waals surface area contributed by atoms with Crippen LogP contribution in [0.4, 0.5) is 5.69 Å². The number of halogens is 2. The number of ether oxygens (including phenoxy) is 2. The van der Waals surface area contributed by atoms with Gasteiger partial charge in [-0.3, -0.25) is 9.97 Å². The van der Waals surface area contributed by atoms with E-state index in [0.717, 1.165) is 42.7 Å². The maximum atomic E-state index is 12.6. The highest BCUT2D eigenvalue weighted by Crippen LogP contribution is 2.43. The SMILES string of the molecule is Cc1ncc(-c2ccc(OCCc3ccc(Cl)c(Cl)c3)cn2)c(N2CCC(C)(C)CC2)c1C(OC(C)(C)C)C(=O)O. The van der Waals surface area contributed by atoms with Gasteiger partial charge in [0, 0.05) is 42.5 Å². The second kappa shape index (κ2) is 12.6. The minimum Gasteiger partial charge on any atom is -0.492 e. The van der Waals surface area contributed by atoms with E-state index in [1.54, 1.807) is 18.5 Å². The van der Waals surface area contributed by atoms with Crippen molar-refractivity contribution in [3.05, 3.63) is 69.6 Å². The van der Waals surface area contributed by atoms with E-state index < -0.39 is 17.7 Å². The van der Waals surface area contributed by atoms with Crippen LogP contribution >= 0.6 is 23.2 Å². The number of carboxylic acid groups (broad SMARTS) is 1. The van der Waals surface area contributed by atoms with Gasteiger partial charge in [0.25, 0.3) is 0 Å². The molecule has 41 heavy (non-hydrogen) atoms. The van der Waals surface area contributed by atoms with E-state index in [1.165, 1.54) is 0 Å². The number of anilines is 1. The summed E-state index contributed by atoms with van der Waals surface area (Å²) in [5, 5.41) is 11.3. The van der Waals surface area contributed by atoms with Crippen molar-refractivity contribution in [3.8, 4) is 17.0 Å². The molecule has 1 aromatic carbocycles. The third-order valence-corrected chi connectivity index (χ3v) is 8.07. The van der Waals surface area contributed by atoms with Crippen LogP contribution in [0, 0.1) is 12.3 Å². The number of carboxylic acids is 1. The number of aryl methyl sites for hydroxylation is 1. The van der Waals surface area contributed by atoms with Crippen molar-refractivity contribution < 1.29 is 19.4 Å². The molecule has 1 unspecified atom stereocenters. The van der Waals surface area contributed by atoms with Gasteiger partial charge in [0.1, 0.15) is 5.75 Å². The normalized spacial score (nSPS) is 16.0. The van der Waals surface area contributed by atoms with Crippen molar-refractivity contribution in [3.63, 3.8) is 0 Å². The number of carbonyl (C=O) groups is 1. The van der Waals surface area contributed by atoms with Crippen LogP contribution in [0.5, 0.6) is 5.75 Å². The standard InChI is InChI=1S/C32H39Cl2N3O4/c1-20-27(29(30(38)39)41-31(2,3)4)28(37-14-12-32(5,6)13-15-37)23(19-35-20)26-10-8-22(18-36-26)40-16-11-21-7-9-24(33)25(34)17-21/h7-10,17-19,29H,11-16H2,1-6H3,(H,38,39). The largest absolute Gasteiger partial charge is 0.492 e. The number of aromatic nitrogens is 2. The minimum atomic E-state index is -1.17. The van der Waals surface area contributed by atoms with Crippen molar-refractivity contribution >= 4 is 34.9 Å². The smallest absolute Gasteiger partial charge is 0.337 e. The Morgan fingerprint density at radius 1 is 1.07 bits per heavy atom. The predicted octanol–water partition coefficient (Wildman–Crippen LogP) is 7.95. The van der Waals surface area contributed by atoms with Crippen LogP contribution in [-0.4, -0.2) is 46.3 Å². The number of hydrogen-bond donors (Lipinski definition) is 1. The van der Waals surface area contributed by atoms with Gasteiger partial charge in [0.05, 0.1) is 39.8 Å². The Morgan fingerprint density at radius 2 is 1.78 bits per heavy atom.